The summed E-state index contributed by atoms with van der Waals surface area (Å²) in [5.74, 6) is 1.87. The van der Waals surface area contributed by atoms with Crippen molar-refractivity contribution >= 4 is 18.5 Å². The van der Waals surface area contributed by atoms with E-state index in [0.717, 1.165) is 31.0 Å². The van der Waals surface area contributed by atoms with Crippen LogP contribution in [0, 0.1) is 0 Å². The number of thiol groups is 1. The Kier molecular flexibility index (Phi) is 4.68. The lowest BCUT2D eigenvalue weighted by Crippen LogP contribution is -2.27. The lowest BCUT2D eigenvalue weighted by Gasteiger charge is -2.15. The number of amides is 1. The summed E-state index contributed by atoms with van der Waals surface area (Å²) < 4.78 is 5.77. The van der Waals surface area contributed by atoms with Crippen LogP contribution in [0.5, 0.6) is 11.5 Å². The van der Waals surface area contributed by atoms with Gasteiger partial charge in [0.1, 0.15) is 11.5 Å². The molecule has 0 spiro atoms. The number of benzene rings is 2. The highest BCUT2D eigenvalue weighted by Crippen LogP contribution is 2.22. The van der Waals surface area contributed by atoms with Crippen molar-refractivity contribution in [3.05, 3.63) is 60.2 Å². The van der Waals surface area contributed by atoms with Crippen molar-refractivity contribution in [3.8, 4) is 11.5 Å². The van der Waals surface area contributed by atoms with Crippen LogP contribution in [0.2, 0.25) is 0 Å². The number of carbonyl (C=O) groups is 1. The molecule has 3 rings (SSSR count). The molecule has 2 aromatic rings. The van der Waals surface area contributed by atoms with Crippen LogP contribution in [0.25, 0.3) is 0 Å². The van der Waals surface area contributed by atoms with E-state index in [1.54, 1.807) is 0 Å². The zero-order chi connectivity index (χ0) is 15.4. The Labute approximate surface area is 136 Å². The molecule has 1 saturated heterocycles. The molecule has 1 fully saturated rings. The van der Waals surface area contributed by atoms with Gasteiger partial charge in [0.15, 0.2) is 0 Å². The van der Waals surface area contributed by atoms with Crippen LogP contribution >= 0.6 is 12.6 Å². The van der Waals surface area contributed by atoms with Gasteiger partial charge in [-0.15, -0.1) is 0 Å². The van der Waals surface area contributed by atoms with Crippen LogP contribution in [0.3, 0.4) is 0 Å². The van der Waals surface area contributed by atoms with E-state index < -0.39 is 0 Å². The van der Waals surface area contributed by atoms with E-state index in [-0.39, 0.29) is 11.2 Å². The average Bonchev–Trinajstić information content (AvgIpc) is 2.85. The van der Waals surface area contributed by atoms with Gasteiger partial charge in [-0.3, -0.25) is 4.79 Å². The van der Waals surface area contributed by atoms with Crippen LogP contribution in [-0.4, -0.2) is 29.1 Å². The van der Waals surface area contributed by atoms with Crippen LogP contribution in [0.15, 0.2) is 54.6 Å². The highest BCUT2D eigenvalue weighted by atomic mass is 32.1. The largest absolute Gasteiger partial charge is 0.457 e. The van der Waals surface area contributed by atoms with Crippen LogP contribution in [-0.2, 0) is 11.2 Å². The number of hydrogen-bond acceptors (Lipinski definition) is 3. The molecule has 1 aliphatic heterocycles. The van der Waals surface area contributed by atoms with Crippen molar-refractivity contribution in [1.29, 1.82) is 0 Å². The fraction of sp³-hybridized carbons (Fsp3) is 0.278. The van der Waals surface area contributed by atoms with Gasteiger partial charge in [-0.05, 0) is 36.2 Å². The minimum Gasteiger partial charge on any atom is -0.457 e. The average molecular weight is 313 g/mol. The van der Waals surface area contributed by atoms with Gasteiger partial charge >= 0.3 is 0 Å². The number of para-hydroxylation sites is 1. The van der Waals surface area contributed by atoms with Gasteiger partial charge in [-0.25, -0.2) is 0 Å². The normalized spacial score (nSPS) is 17.8. The van der Waals surface area contributed by atoms with Crippen molar-refractivity contribution in [1.82, 2.24) is 4.90 Å². The first-order valence-electron chi connectivity index (χ1n) is 7.48. The SMILES string of the molecule is O=C1CC(S)CN1CCc1ccc(Oc2ccccc2)cc1. The molecule has 1 heterocycles. The summed E-state index contributed by atoms with van der Waals surface area (Å²) in [4.78, 5) is 13.6. The standard InChI is InChI=1S/C18H19NO2S/c20-18-12-17(22)13-19(18)11-10-14-6-8-16(9-7-14)21-15-4-2-1-3-5-15/h1-9,17,22H,10-13H2. The predicted octanol–water partition coefficient (Wildman–Crippen LogP) is 3.55. The minimum atomic E-state index is 0.189. The number of hydrogen-bond donors (Lipinski definition) is 1. The molecule has 4 heteroatoms. The second-order valence-electron chi connectivity index (χ2n) is 5.51. The zero-order valence-electron chi connectivity index (χ0n) is 12.3. The molecule has 1 amide bonds. The second kappa shape index (κ2) is 6.88. The number of likely N-dealkylation sites (tertiary alicyclic amines) is 1. The molecule has 0 aromatic heterocycles. The van der Waals surface area contributed by atoms with E-state index in [1.807, 2.05) is 47.4 Å². The summed E-state index contributed by atoms with van der Waals surface area (Å²) in [7, 11) is 0. The maximum Gasteiger partial charge on any atom is 0.223 e. The number of ether oxygens (including phenoxy) is 1. The van der Waals surface area contributed by atoms with E-state index in [1.165, 1.54) is 5.56 Å². The van der Waals surface area contributed by atoms with E-state index in [4.69, 9.17) is 4.74 Å². The van der Waals surface area contributed by atoms with Crippen molar-refractivity contribution in [2.45, 2.75) is 18.1 Å². The van der Waals surface area contributed by atoms with E-state index >= 15 is 0 Å². The van der Waals surface area contributed by atoms with Crippen molar-refractivity contribution in [3.63, 3.8) is 0 Å². The van der Waals surface area contributed by atoms with Gasteiger partial charge in [0, 0.05) is 24.8 Å². The van der Waals surface area contributed by atoms with Gasteiger partial charge in [-0.2, -0.15) is 12.6 Å². The molecule has 3 nitrogen and oxygen atoms in total. The van der Waals surface area contributed by atoms with Crippen molar-refractivity contribution in [2.24, 2.45) is 0 Å². The second-order valence-corrected chi connectivity index (χ2v) is 6.24. The Morgan fingerprint density at radius 1 is 1.05 bits per heavy atom. The molecule has 0 radical (unpaired) electrons. The lowest BCUT2D eigenvalue weighted by molar-refractivity contribution is -0.127. The quantitative estimate of drug-likeness (QED) is 0.856. The molecular formula is C18H19NO2S. The summed E-state index contributed by atoms with van der Waals surface area (Å²) in [5, 5.41) is 0.189. The molecule has 114 valence electrons. The molecule has 0 bridgehead atoms. The minimum absolute atomic E-state index is 0.189. The molecule has 1 atom stereocenters. The first kappa shape index (κ1) is 15.0. The monoisotopic (exact) mass is 313 g/mol. The highest BCUT2D eigenvalue weighted by Gasteiger charge is 2.26. The highest BCUT2D eigenvalue weighted by molar-refractivity contribution is 7.81. The van der Waals surface area contributed by atoms with Gasteiger partial charge in [0.05, 0.1) is 0 Å². The first-order chi connectivity index (χ1) is 10.7. The van der Waals surface area contributed by atoms with Crippen molar-refractivity contribution in [2.75, 3.05) is 13.1 Å². The predicted molar refractivity (Wildman–Crippen MR) is 90.6 cm³/mol. The maximum atomic E-state index is 11.7. The molecular weight excluding hydrogens is 294 g/mol. The van der Waals surface area contributed by atoms with Gasteiger partial charge in [0.2, 0.25) is 5.91 Å². The Balaban J connectivity index is 1.54. The Morgan fingerprint density at radius 3 is 2.36 bits per heavy atom. The molecule has 1 aliphatic rings. The fourth-order valence-electron chi connectivity index (χ4n) is 2.58. The topological polar surface area (TPSA) is 29.5 Å². The van der Waals surface area contributed by atoms with Gasteiger partial charge < -0.3 is 9.64 Å². The third-order valence-corrected chi connectivity index (χ3v) is 4.11. The Bertz CT molecular complexity index is 627. The molecule has 22 heavy (non-hydrogen) atoms. The molecule has 2 aromatic carbocycles. The summed E-state index contributed by atoms with van der Waals surface area (Å²) >= 11 is 4.37. The molecule has 0 aliphatic carbocycles. The zero-order valence-corrected chi connectivity index (χ0v) is 13.2. The van der Waals surface area contributed by atoms with Gasteiger partial charge in [-0.1, -0.05) is 30.3 Å². The Morgan fingerprint density at radius 2 is 1.73 bits per heavy atom. The molecule has 0 N–H and O–H groups in total. The van der Waals surface area contributed by atoms with Crippen LogP contribution in [0.1, 0.15) is 12.0 Å². The van der Waals surface area contributed by atoms with Crippen molar-refractivity contribution < 1.29 is 9.53 Å². The van der Waals surface area contributed by atoms with Gasteiger partial charge in [0.25, 0.3) is 0 Å². The molecule has 1 unspecified atom stereocenters. The number of rotatable bonds is 5. The van der Waals surface area contributed by atoms with Crippen LogP contribution in [0.4, 0.5) is 0 Å². The van der Waals surface area contributed by atoms with E-state index in [0.29, 0.717) is 6.42 Å². The third kappa shape index (κ3) is 3.83. The number of nitrogens with zero attached hydrogens (tertiary/aromatic N) is 1. The summed E-state index contributed by atoms with van der Waals surface area (Å²) in [6, 6.07) is 17.8. The summed E-state index contributed by atoms with van der Waals surface area (Å²) in [5.41, 5.74) is 1.20. The molecule has 0 saturated carbocycles. The van der Waals surface area contributed by atoms with Crippen LogP contribution < -0.4 is 4.74 Å². The fourth-order valence-corrected chi connectivity index (χ4v) is 2.93. The maximum absolute atomic E-state index is 11.7. The van der Waals surface area contributed by atoms with E-state index in [9.17, 15) is 4.79 Å². The first-order valence-corrected chi connectivity index (χ1v) is 8.00. The Hall–Kier alpha value is -1.94. The smallest absolute Gasteiger partial charge is 0.223 e. The summed E-state index contributed by atoms with van der Waals surface area (Å²) in [6.07, 6.45) is 1.42. The number of carbonyl (C=O) groups excluding carboxylic acids is 1. The summed E-state index contributed by atoms with van der Waals surface area (Å²) in [6.45, 7) is 1.52. The van der Waals surface area contributed by atoms with E-state index in [2.05, 4.69) is 24.8 Å². The third-order valence-electron chi connectivity index (χ3n) is 3.77. The lowest BCUT2D eigenvalue weighted by atomic mass is 10.1.